The molecule has 0 fully saturated rings. The highest BCUT2D eigenvalue weighted by Gasteiger charge is 2.13. The lowest BCUT2D eigenvalue weighted by Crippen LogP contribution is -2.02. The summed E-state index contributed by atoms with van der Waals surface area (Å²) < 4.78 is 10.3. The Morgan fingerprint density at radius 3 is 2.32 bits per heavy atom. The van der Waals surface area contributed by atoms with Crippen LogP contribution in [0.3, 0.4) is 0 Å². The Balaban J connectivity index is 2.36. The second-order valence-electron chi connectivity index (χ2n) is 4.47. The van der Waals surface area contributed by atoms with Gasteiger partial charge in [-0.2, -0.15) is 5.26 Å². The molecule has 4 nitrogen and oxygen atoms in total. The molecule has 0 atom stereocenters. The van der Waals surface area contributed by atoms with Crippen molar-refractivity contribution in [3.63, 3.8) is 0 Å². The number of Topliss-reactive ketones (excluding diaryl/α,β-unsaturated/α-hetero) is 1. The molecule has 0 aliphatic carbocycles. The molecule has 0 radical (unpaired) electrons. The van der Waals surface area contributed by atoms with Gasteiger partial charge >= 0.3 is 0 Å². The Labute approximate surface area is 129 Å². The topological polar surface area (TPSA) is 59.3 Å². The van der Waals surface area contributed by atoms with Crippen LogP contribution in [0.5, 0.6) is 11.5 Å². The van der Waals surface area contributed by atoms with Gasteiger partial charge in [-0.3, -0.25) is 4.79 Å². The molecule has 0 aromatic heterocycles. The van der Waals surface area contributed by atoms with Crippen molar-refractivity contribution >= 4 is 11.9 Å². The van der Waals surface area contributed by atoms with Crippen molar-refractivity contribution in [1.82, 2.24) is 0 Å². The van der Waals surface area contributed by atoms with Crippen molar-refractivity contribution in [2.75, 3.05) is 14.2 Å². The molecule has 4 heteroatoms. The Bertz CT molecular complexity index is 740. The van der Waals surface area contributed by atoms with Gasteiger partial charge < -0.3 is 9.47 Å². The summed E-state index contributed by atoms with van der Waals surface area (Å²) in [4.78, 5) is 12.4. The molecule has 110 valence electrons. The van der Waals surface area contributed by atoms with Crippen LogP contribution in [-0.2, 0) is 0 Å². The first-order chi connectivity index (χ1) is 10.7. The molecule has 2 aromatic rings. The second kappa shape index (κ2) is 7.09. The molecular formula is C18H15NO3. The number of para-hydroxylation sites is 1. The maximum Gasteiger partial charge on any atom is 0.203 e. The molecule has 0 unspecified atom stereocenters. The van der Waals surface area contributed by atoms with E-state index >= 15 is 0 Å². The zero-order valence-corrected chi connectivity index (χ0v) is 12.4. The molecule has 0 spiro atoms. The van der Waals surface area contributed by atoms with Crippen molar-refractivity contribution in [3.8, 4) is 17.6 Å². The molecule has 0 amide bonds. The number of ketones is 1. The lowest BCUT2D eigenvalue weighted by Gasteiger charge is -2.05. The largest absolute Gasteiger partial charge is 0.497 e. The number of carbonyl (C=O) groups is 1. The number of methoxy groups -OCH3 is 2. The van der Waals surface area contributed by atoms with Crippen molar-refractivity contribution in [1.29, 1.82) is 5.26 Å². The number of nitrogens with zero attached hydrogens (tertiary/aromatic N) is 1. The van der Waals surface area contributed by atoms with Crippen LogP contribution in [0.15, 0.2) is 54.1 Å². The summed E-state index contributed by atoms with van der Waals surface area (Å²) in [5.41, 5.74) is 1.17. The second-order valence-corrected chi connectivity index (χ2v) is 4.47. The molecule has 0 heterocycles. The van der Waals surface area contributed by atoms with Crippen LogP contribution in [0, 0.1) is 11.3 Å². The molecule has 0 saturated heterocycles. The zero-order valence-electron chi connectivity index (χ0n) is 12.4. The lowest BCUT2D eigenvalue weighted by molar-refractivity contribution is 0.104. The average Bonchev–Trinajstić information content (AvgIpc) is 2.59. The number of ether oxygens (including phenoxy) is 2. The number of allylic oxidation sites excluding steroid dienone is 1. The highest BCUT2D eigenvalue weighted by molar-refractivity contribution is 6.14. The van der Waals surface area contributed by atoms with Crippen molar-refractivity contribution in [2.45, 2.75) is 0 Å². The van der Waals surface area contributed by atoms with Crippen molar-refractivity contribution in [3.05, 3.63) is 65.2 Å². The van der Waals surface area contributed by atoms with Gasteiger partial charge in [0.05, 0.1) is 14.2 Å². The summed E-state index contributed by atoms with van der Waals surface area (Å²) in [7, 11) is 3.10. The summed E-state index contributed by atoms with van der Waals surface area (Å²) in [6, 6.07) is 15.8. The van der Waals surface area contributed by atoms with Crippen molar-refractivity contribution < 1.29 is 14.3 Å². The van der Waals surface area contributed by atoms with Gasteiger partial charge in [0.1, 0.15) is 23.1 Å². The summed E-state index contributed by atoms with van der Waals surface area (Å²) >= 11 is 0. The summed E-state index contributed by atoms with van der Waals surface area (Å²) in [6.45, 7) is 0. The maximum atomic E-state index is 12.4. The molecule has 0 bridgehead atoms. The smallest absolute Gasteiger partial charge is 0.203 e. The zero-order chi connectivity index (χ0) is 15.9. The van der Waals surface area contributed by atoms with E-state index in [4.69, 9.17) is 9.47 Å². The minimum atomic E-state index is -0.337. The quantitative estimate of drug-likeness (QED) is 0.481. The molecule has 2 aromatic carbocycles. The van der Waals surface area contributed by atoms with Gasteiger partial charge in [0.25, 0.3) is 0 Å². The maximum absolute atomic E-state index is 12.4. The molecule has 22 heavy (non-hydrogen) atoms. The van der Waals surface area contributed by atoms with E-state index in [2.05, 4.69) is 0 Å². The highest BCUT2D eigenvalue weighted by Crippen LogP contribution is 2.22. The first kappa shape index (κ1) is 15.3. The van der Waals surface area contributed by atoms with Crippen LogP contribution in [0.25, 0.3) is 6.08 Å². The molecule has 0 aliphatic heterocycles. The summed E-state index contributed by atoms with van der Waals surface area (Å²) in [5.74, 6) is 0.928. The standard InChI is InChI=1S/C18H15NO3/c1-21-16-9-7-13(8-10-16)18(20)15(12-19)11-14-5-3-4-6-17(14)22-2/h3-11H,1-2H3. The third-order valence-electron chi connectivity index (χ3n) is 3.16. The van der Waals surface area contributed by atoms with Crippen LogP contribution in [0.4, 0.5) is 0 Å². The summed E-state index contributed by atoms with van der Waals surface area (Å²) in [6.07, 6.45) is 1.53. The predicted octanol–water partition coefficient (Wildman–Crippen LogP) is 3.49. The van der Waals surface area contributed by atoms with E-state index in [-0.39, 0.29) is 11.4 Å². The first-order valence-corrected chi connectivity index (χ1v) is 6.63. The number of hydrogen-bond donors (Lipinski definition) is 0. The van der Waals surface area contributed by atoms with Crippen LogP contribution in [0.1, 0.15) is 15.9 Å². The number of hydrogen-bond acceptors (Lipinski definition) is 4. The van der Waals surface area contributed by atoms with Crippen LogP contribution in [-0.4, -0.2) is 20.0 Å². The Morgan fingerprint density at radius 1 is 1.05 bits per heavy atom. The lowest BCUT2D eigenvalue weighted by atomic mass is 10.0. The molecule has 0 aliphatic rings. The fraction of sp³-hybridized carbons (Fsp3) is 0.111. The van der Waals surface area contributed by atoms with Gasteiger partial charge in [0.2, 0.25) is 5.78 Å². The third kappa shape index (κ3) is 3.33. The van der Waals surface area contributed by atoms with Crippen LogP contribution < -0.4 is 9.47 Å². The minimum Gasteiger partial charge on any atom is -0.497 e. The third-order valence-corrected chi connectivity index (χ3v) is 3.16. The Morgan fingerprint density at radius 2 is 1.73 bits per heavy atom. The first-order valence-electron chi connectivity index (χ1n) is 6.63. The molecule has 2 rings (SSSR count). The van der Waals surface area contributed by atoms with E-state index in [1.54, 1.807) is 50.6 Å². The van der Waals surface area contributed by atoms with E-state index in [0.717, 1.165) is 0 Å². The van der Waals surface area contributed by atoms with Gasteiger partial charge in [0, 0.05) is 11.1 Å². The van der Waals surface area contributed by atoms with Gasteiger partial charge in [-0.05, 0) is 36.4 Å². The van der Waals surface area contributed by atoms with Crippen molar-refractivity contribution in [2.24, 2.45) is 0 Å². The predicted molar refractivity (Wildman–Crippen MR) is 83.9 cm³/mol. The van der Waals surface area contributed by atoms with Gasteiger partial charge in [-0.1, -0.05) is 18.2 Å². The Hall–Kier alpha value is -3.06. The van der Waals surface area contributed by atoms with Crippen LogP contribution >= 0.6 is 0 Å². The van der Waals surface area contributed by atoms with E-state index in [1.807, 2.05) is 18.2 Å². The van der Waals surface area contributed by atoms with Crippen LogP contribution in [0.2, 0.25) is 0 Å². The highest BCUT2D eigenvalue weighted by atomic mass is 16.5. The van der Waals surface area contributed by atoms with E-state index in [9.17, 15) is 10.1 Å². The monoisotopic (exact) mass is 293 g/mol. The number of benzene rings is 2. The average molecular weight is 293 g/mol. The van der Waals surface area contributed by atoms with Gasteiger partial charge in [-0.25, -0.2) is 0 Å². The molecular weight excluding hydrogens is 278 g/mol. The summed E-state index contributed by atoms with van der Waals surface area (Å²) in [5, 5.41) is 9.28. The molecule has 0 saturated carbocycles. The SMILES string of the molecule is COc1ccc(C(=O)C(C#N)=Cc2ccccc2OC)cc1. The number of nitriles is 1. The van der Waals surface area contributed by atoms with E-state index in [0.29, 0.717) is 22.6 Å². The van der Waals surface area contributed by atoms with Gasteiger partial charge in [-0.15, -0.1) is 0 Å². The Kier molecular flexibility index (Phi) is 4.94. The number of carbonyl (C=O) groups excluding carboxylic acids is 1. The normalized spacial score (nSPS) is 10.7. The molecule has 0 N–H and O–H groups in total. The number of rotatable bonds is 5. The fourth-order valence-electron chi connectivity index (χ4n) is 1.99. The minimum absolute atomic E-state index is 0.0506. The van der Waals surface area contributed by atoms with E-state index in [1.165, 1.54) is 6.08 Å². The fourth-order valence-corrected chi connectivity index (χ4v) is 1.99. The van der Waals surface area contributed by atoms with E-state index < -0.39 is 0 Å². The van der Waals surface area contributed by atoms with Gasteiger partial charge in [0.15, 0.2) is 0 Å².